The number of methoxy groups -OCH3 is 1. The highest BCUT2D eigenvalue weighted by molar-refractivity contribution is 9.10. The van der Waals surface area contributed by atoms with Crippen molar-refractivity contribution in [2.75, 3.05) is 13.7 Å². The molecule has 0 aliphatic rings. The van der Waals surface area contributed by atoms with E-state index in [2.05, 4.69) is 21.2 Å². The zero-order chi connectivity index (χ0) is 15.8. The number of carbonyl (C=O) groups is 1. The fourth-order valence-electron chi connectivity index (χ4n) is 1.91. The van der Waals surface area contributed by atoms with Crippen molar-refractivity contribution in [1.82, 2.24) is 5.32 Å². The molecule has 4 nitrogen and oxygen atoms in total. The Kier molecular flexibility index (Phi) is 7.47. The SMILES string of the molecule is COc1ccc(Br)cc1/C=C/C(=O)NCC(O)CC(C)C. The second kappa shape index (κ2) is 8.85. The zero-order valence-corrected chi connectivity index (χ0v) is 14.2. The quantitative estimate of drug-likeness (QED) is 0.739. The molecule has 1 unspecified atom stereocenters. The molecule has 0 aromatic heterocycles. The summed E-state index contributed by atoms with van der Waals surface area (Å²) in [5.41, 5.74) is 0.810. The van der Waals surface area contributed by atoms with Crippen LogP contribution in [-0.4, -0.2) is 30.8 Å². The van der Waals surface area contributed by atoms with Gasteiger partial charge in [-0.2, -0.15) is 0 Å². The summed E-state index contributed by atoms with van der Waals surface area (Å²) < 4.78 is 6.14. The number of aliphatic hydroxyl groups is 1. The van der Waals surface area contributed by atoms with Gasteiger partial charge in [0.15, 0.2) is 0 Å². The molecule has 0 radical (unpaired) electrons. The van der Waals surface area contributed by atoms with Gasteiger partial charge in [0.1, 0.15) is 5.75 Å². The van der Waals surface area contributed by atoms with E-state index in [1.165, 1.54) is 6.08 Å². The van der Waals surface area contributed by atoms with Crippen LogP contribution in [0.4, 0.5) is 0 Å². The lowest BCUT2D eigenvalue weighted by atomic mass is 10.1. The molecule has 0 saturated carbocycles. The van der Waals surface area contributed by atoms with E-state index in [4.69, 9.17) is 4.74 Å². The average molecular weight is 356 g/mol. The standard InChI is InChI=1S/C16H22BrNO3/c1-11(2)8-14(19)10-18-16(20)7-4-12-9-13(17)5-6-15(12)21-3/h4-7,9,11,14,19H,8,10H2,1-3H3,(H,18,20)/b7-4+. The fourth-order valence-corrected chi connectivity index (χ4v) is 2.28. The van der Waals surface area contributed by atoms with E-state index in [0.29, 0.717) is 18.1 Å². The summed E-state index contributed by atoms with van der Waals surface area (Å²) >= 11 is 3.38. The van der Waals surface area contributed by atoms with Gasteiger partial charge in [-0.25, -0.2) is 0 Å². The topological polar surface area (TPSA) is 58.6 Å². The molecule has 1 amide bonds. The van der Waals surface area contributed by atoms with Gasteiger partial charge in [0.25, 0.3) is 0 Å². The smallest absolute Gasteiger partial charge is 0.244 e. The number of aliphatic hydroxyl groups excluding tert-OH is 1. The molecule has 116 valence electrons. The third kappa shape index (κ3) is 6.78. The number of carbonyl (C=O) groups excluding carboxylic acids is 1. The molecule has 1 aromatic rings. The van der Waals surface area contributed by atoms with Gasteiger partial charge in [0.05, 0.1) is 13.2 Å². The van der Waals surface area contributed by atoms with Crippen molar-refractivity contribution in [3.05, 3.63) is 34.3 Å². The van der Waals surface area contributed by atoms with Gasteiger partial charge < -0.3 is 15.2 Å². The highest BCUT2D eigenvalue weighted by Crippen LogP contribution is 2.23. The van der Waals surface area contributed by atoms with E-state index in [1.807, 2.05) is 32.0 Å². The summed E-state index contributed by atoms with van der Waals surface area (Å²) in [6.45, 7) is 4.33. The highest BCUT2D eigenvalue weighted by atomic mass is 79.9. The number of rotatable bonds is 7. The molecule has 1 aromatic carbocycles. The van der Waals surface area contributed by atoms with Crippen LogP contribution in [0.25, 0.3) is 6.08 Å². The minimum absolute atomic E-state index is 0.236. The second-order valence-corrected chi connectivity index (χ2v) is 6.16. The Morgan fingerprint density at radius 3 is 2.81 bits per heavy atom. The van der Waals surface area contributed by atoms with Gasteiger partial charge in [0.2, 0.25) is 5.91 Å². The molecule has 0 heterocycles. The van der Waals surface area contributed by atoms with Crippen LogP contribution in [-0.2, 0) is 4.79 Å². The third-order valence-corrected chi connectivity index (χ3v) is 3.35. The molecule has 1 rings (SSSR count). The van der Waals surface area contributed by atoms with E-state index >= 15 is 0 Å². The lowest BCUT2D eigenvalue weighted by Gasteiger charge is -2.12. The first kappa shape index (κ1) is 17.7. The van der Waals surface area contributed by atoms with Gasteiger partial charge in [-0.1, -0.05) is 29.8 Å². The van der Waals surface area contributed by atoms with Crippen molar-refractivity contribution in [3.8, 4) is 5.75 Å². The summed E-state index contributed by atoms with van der Waals surface area (Å²) in [6.07, 6.45) is 3.28. The zero-order valence-electron chi connectivity index (χ0n) is 12.6. The summed E-state index contributed by atoms with van der Waals surface area (Å²) in [5, 5.41) is 12.4. The molecule has 0 bridgehead atoms. The molecule has 5 heteroatoms. The number of amides is 1. The number of ether oxygens (including phenoxy) is 1. The van der Waals surface area contributed by atoms with Gasteiger partial charge in [0, 0.05) is 22.7 Å². The lowest BCUT2D eigenvalue weighted by molar-refractivity contribution is -0.116. The number of hydrogen-bond donors (Lipinski definition) is 2. The molecular formula is C16H22BrNO3. The Morgan fingerprint density at radius 1 is 1.48 bits per heavy atom. The summed E-state index contributed by atoms with van der Waals surface area (Å²) in [7, 11) is 1.59. The van der Waals surface area contributed by atoms with Crippen LogP contribution in [0.15, 0.2) is 28.7 Å². The van der Waals surface area contributed by atoms with Gasteiger partial charge >= 0.3 is 0 Å². The Bertz CT molecular complexity index is 500. The van der Waals surface area contributed by atoms with Crippen molar-refractivity contribution in [3.63, 3.8) is 0 Å². The fraction of sp³-hybridized carbons (Fsp3) is 0.438. The molecule has 1 atom stereocenters. The highest BCUT2D eigenvalue weighted by Gasteiger charge is 2.08. The van der Waals surface area contributed by atoms with Crippen LogP contribution in [0.5, 0.6) is 5.75 Å². The van der Waals surface area contributed by atoms with Crippen LogP contribution < -0.4 is 10.1 Å². The number of nitrogens with one attached hydrogen (secondary N) is 1. The van der Waals surface area contributed by atoms with Crippen molar-refractivity contribution >= 4 is 27.9 Å². The number of benzene rings is 1. The predicted molar refractivity (Wildman–Crippen MR) is 88.2 cm³/mol. The van der Waals surface area contributed by atoms with Crippen molar-refractivity contribution in [2.45, 2.75) is 26.4 Å². The molecule has 21 heavy (non-hydrogen) atoms. The molecule has 0 saturated heterocycles. The summed E-state index contributed by atoms with van der Waals surface area (Å²) in [5.74, 6) is 0.861. The van der Waals surface area contributed by atoms with E-state index in [1.54, 1.807) is 13.2 Å². The van der Waals surface area contributed by atoms with E-state index < -0.39 is 6.10 Å². The molecule has 2 N–H and O–H groups in total. The maximum absolute atomic E-state index is 11.7. The van der Waals surface area contributed by atoms with Crippen LogP contribution >= 0.6 is 15.9 Å². The summed E-state index contributed by atoms with van der Waals surface area (Å²) in [6, 6.07) is 5.57. The van der Waals surface area contributed by atoms with Crippen molar-refractivity contribution in [2.24, 2.45) is 5.92 Å². The maximum Gasteiger partial charge on any atom is 0.244 e. The second-order valence-electron chi connectivity index (χ2n) is 5.25. The molecular weight excluding hydrogens is 334 g/mol. The average Bonchev–Trinajstić information content (AvgIpc) is 2.42. The minimum Gasteiger partial charge on any atom is -0.496 e. The van der Waals surface area contributed by atoms with Gasteiger partial charge in [-0.3, -0.25) is 4.79 Å². The predicted octanol–water partition coefficient (Wildman–Crippen LogP) is 2.99. The van der Waals surface area contributed by atoms with Crippen LogP contribution in [0.3, 0.4) is 0 Å². The first-order chi connectivity index (χ1) is 9.92. The van der Waals surface area contributed by atoms with Crippen molar-refractivity contribution in [1.29, 1.82) is 0 Å². The first-order valence-corrected chi connectivity index (χ1v) is 7.69. The largest absolute Gasteiger partial charge is 0.496 e. The van der Waals surface area contributed by atoms with E-state index in [-0.39, 0.29) is 12.5 Å². The Balaban J connectivity index is 2.56. The molecule has 0 aliphatic carbocycles. The van der Waals surface area contributed by atoms with Gasteiger partial charge in [-0.05, 0) is 36.6 Å². The van der Waals surface area contributed by atoms with Crippen LogP contribution in [0, 0.1) is 5.92 Å². The first-order valence-electron chi connectivity index (χ1n) is 6.90. The summed E-state index contributed by atoms with van der Waals surface area (Å²) in [4.78, 5) is 11.7. The Labute approximate surface area is 134 Å². The molecule has 0 aliphatic heterocycles. The Morgan fingerprint density at radius 2 is 2.19 bits per heavy atom. The van der Waals surface area contributed by atoms with Crippen LogP contribution in [0.2, 0.25) is 0 Å². The minimum atomic E-state index is -0.511. The van der Waals surface area contributed by atoms with Gasteiger partial charge in [-0.15, -0.1) is 0 Å². The monoisotopic (exact) mass is 355 g/mol. The molecule has 0 spiro atoms. The number of halogens is 1. The van der Waals surface area contributed by atoms with E-state index in [9.17, 15) is 9.90 Å². The third-order valence-electron chi connectivity index (χ3n) is 2.86. The van der Waals surface area contributed by atoms with E-state index in [0.717, 1.165) is 10.0 Å². The van der Waals surface area contributed by atoms with Crippen molar-refractivity contribution < 1.29 is 14.6 Å². The molecule has 0 fully saturated rings. The maximum atomic E-state index is 11.7. The lowest BCUT2D eigenvalue weighted by Crippen LogP contribution is -2.31. The normalized spacial score (nSPS) is 12.7. The number of hydrogen-bond acceptors (Lipinski definition) is 3. The van der Waals surface area contributed by atoms with Crippen LogP contribution in [0.1, 0.15) is 25.8 Å². The Hall–Kier alpha value is -1.33.